The summed E-state index contributed by atoms with van der Waals surface area (Å²) in [6.45, 7) is 0.304. The maximum Gasteiger partial charge on any atom is 0.337 e. The van der Waals surface area contributed by atoms with Crippen molar-refractivity contribution in [3.8, 4) is 0 Å². The van der Waals surface area contributed by atoms with Gasteiger partial charge < -0.3 is 14.9 Å². The van der Waals surface area contributed by atoms with Gasteiger partial charge in [-0.1, -0.05) is 21.1 Å². The van der Waals surface area contributed by atoms with Gasteiger partial charge in [-0.2, -0.15) is 4.98 Å². The summed E-state index contributed by atoms with van der Waals surface area (Å²) in [6.07, 6.45) is 1.22. The second-order valence-corrected chi connectivity index (χ2v) is 4.11. The van der Waals surface area contributed by atoms with Crippen LogP contribution in [-0.2, 0) is 6.54 Å². The Morgan fingerprint density at radius 2 is 2.35 bits per heavy atom. The van der Waals surface area contributed by atoms with Crippen molar-refractivity contribution in [2.45, 2.75) is 6.54 Å². The fraction of sp³-hybridized carbons (Fsp3) is 0.100. The average Bonchev–Trinajstić information content (AvgIpc) is 2.80. The van der Waals surface area contributed by atoms with Gasteiger partial charge in [-0.15, -0.1) is 0 Å². The van der Waals surface area contributed by atoms with E-state index in [-0.39, 0.29) is 5.56 Å². The summed E-state index contributed by atoms with van der Waals surface area (Å²) in [6, 6.07) is 4.96. The highest BCUT2D eigenvalue weighted by molar-refractivity contribution is 9.10. The van der Waals surface area contributed by atoms with Gasteiger partial charge in [-0.3, -0.25) is 0 Å². The Morgan fingerprint density at radius 1 is 1.53 bits per heavy atom. The summed E-state index contributed by atoms with van der Waals surface area (Å²) in [7, 11) is 0. The number of aromatic carboxylic acids is 1. The first-order valence-electron chi connectivity index (χ1n) is 4.69. The summed E-state index contributed by atoms with van der Waals surface area (Å²) < 4.78 is 5.28. The molecule has 0 amide bonds. The number of nitrogens with zero attached hydrogens (tertiary/aromatic N) is 2. The molecule has 7 heteroatoms. The number of anilines is 1. The fourth-order valence-electron chi connectivity index (χ4n) is 1.29. The van der Waals surface area contributed by atoms with Crippen molar-refractivity contribution in [1.29, 1.82) is 0 Å². The molecule has 2 aromatic rings. The van der Waals surface area contributed by atoms with Crippen molar-refractivity contribution >= 4 is 27.6 Å². The molecule has 0 bridgehead atoms. The van der Waals surface area contributed by atoms with Crippen LogP contribution in [0.25, 0.3) is 0 Å². The molecule has 2 rings (SSSR count). The van der Waals surface area contributed by atoms with E-state index in [1.54, 1.807) is 12.1 Å². The molecule has 1 heterocycles. The number of benzene rings is 1. The van der Waals surface area contributed by atoms with Crippen molar-refractivity contribution in [3.63, 3.8) is 0 Å². The first kappa shape index (κ1) is 11.6. The van der Waals surface area contributed by atoms with E-state index in [1.807, 2.05) is 0 Å². The van der Waals surface area contributed by atoms with Gasteiger partial charge in [0.2, 0.25) is 6.39 Å². The molecule has 6 nitrogen and oxygen atoms in total. The van der Waals surface area contributed by atoms with Crippen molar-refractivity contribution in [2.24, 2.45) is 0 Å². The largest absolute Gasteiger partial charge is 0.478 e. The van der Waals surface area contributed by atoms with Crippen molar-refractivity contribution in [3.05, 3.63) is 40.5 Å². The SMILES string of the molecule is O=C(O)c1cc(Br)ccc1NCc1ncon1. The molecule has 0 fully saturated rings. The zero-order valence-electron chi connectivity index (χ0n) is 8.55. The summed E-state index contributed by atoms with van der Waals surface area (Å²) in [5.41, 5.74) is 0.688. The summed E-state index contributed by atoms with van der Waals surface area (Å²) in [5, 5.41) is 15.6. The first-order chi connectivity index (χ1) is 8.16. The summed E-state index contributed by atoms with van der Waals surface area (Å²) in [4.78, 5) is 14.9. The predicted octanol–water partition coefficient (Wildman–Crippen LogP) is 2.14. The summed E-state index contributed by atoms with van der Waals surface area (Å²) in [5.74, 6) is -0.536. The number of rotatable bonds is 4. The van der Waals surface area contributed by atoms with Crippen LogP contribution in [0.3, 0.4) is 0 Å². The van der Waals surface area contributed by atoms with Crippen LogP contribution in [0.4, 0.5) is 5.69 Å². The second-order valence-electron chi connectivity index (χ2n) is 3.20. The van der Waals surface area contributed by atoms with Crippen LogP contribution in [0.5, 0.6) is 0 Å². The normalized spacial score (nSPS) is 10.2. The molecule has 0 spiro atoms. The van der Waals surface area contributed by atoms with E-state index in [0.717, 1.165) is 0 Å². The van der Waals surface area contributed by atoms with Gasteiger partial charge in [-0.25, -0.2) is 4.79 Å². The van der Waals surface area contributed by atoms with Crippen molar-refractivity contribution in [2.75, 3.05) is 5.32 Å². The van der Waals surface area contributed by atoms with Crippen LogP contribution in [0.15, 0.2) is 33.6 Å². The quantitative estimate of drug-likeness (QED) is 0.899. The molecular weight excluding hydrogens is 290 g/mol. The molecule has 1 aromatic carbocycles. The number of aromatic nitrogens is 2. The van der Waals surface area contributed by atoms with E-state index in [4.69, 9.17) is 5.11 Å². The zero-order chi connectivity index (χ0) is 12.3. The molecule has 17 heavy (non-hydrogen) atoms. The molecule has 2 N–H and O–H groups in total. The van der Waals surface area contributed by atoms with Crippen LogP contribution in [0.2, 0.25) is 0 Å². The van der Waals surface area contributed by atoms with Crippen molar-refractivity contribution < 1.29 is 14.4 Å². The predicted molar refractivity (Wildman–Crippen MR) is 62.7 cm³/mol. The van der Waals surface area contributed by atoms with E-state index >= 15 is 0 Å². The number of nitrogens with one attached hydrogen (secondary N) is 1. The lowest BCUT2D eigenvalue weighted by atomic mass is 10.2. The van der Waals surface area contributed by atoms with E-state index < -0.39 is 5.97 Å². The highest BCUT2D eigenvalue weighted by atomic mass is 79.9. The van der Waals surface area contributed by atoms with Crippen LogP contribution in [0.1, 0.15) is 16.2 Å². The molecule has 0 saturated heterocycles. The molecule has 0 radical (unpaired) electrons. The highest BCUT2D eigenvalue weighted by Crippen LogP contribution is 2.21. The Bertz CT molecular complexity index is 528. The smallest absolute Gasteiger partial charge is 0.337 e. The van der Waals surface area contributed by atoms with Crippen LogP contribution < -0.4 is 5.32 Å². The third-order valence-corrected chi connectivity index (χ3v) is 2.55. The van der Waals surface area contributed by atoms with Gasteiger partial charge in [0.25, 0.3) is 0 Å². The number of carbonyl (C=O) groups is 1. The third-order valence-electron chi connectivity index (χ3n) is 2.06. The standard InChI is InChI=1S/C10H8BrN3O3/c11-6-1-2-8(7(3-6)10(15)16)12-4-9-13-5-17-14-9/h1-3,5,12H,4H2,(H,15,16). The van der Waals surface area contributed by atoms with Gasteiger partial charge in [-0.05, 0) is 18.2 Å². The molecule has 0 aliphatic heterocycles. The Balaban J connectivity index is 2.17. The Labute approximate surface area is 105 Å². The van der Waals surface area contributed by atoms with Gasteiger partial charge >= 0.3 is 5.97 Å². The molecule has 0 saturated carbocycles. The van der Waals surface area contributed by atoms with Gasteiger partial charge in [0.05, 0.1) is 12.1 Å². The third kappa shape index (κ3) is 2.82. The topological polar surface area (TPSA) is 88.2 Å². The molecule has 88 valence electrons. The van der Waals surface area contributed by atoms with Crippen LogP contribution in [-0.4, -0.2) is 21.2 Å². The first-order valence-corrected chi connectivity index (χ1v) is 5.48. The lowest BCUT2D eigenvalue weighted by Gasteiger charge is -2.07. The highest BCUT2D eigenvalue weighted by Gasteiger charge is 2.10. The molecule has 0 unspecified atom stereocenters. The fourth-order valence-corrected chi connectivity index (χ4v) is 1.65. The zero-order valence-corrected chi connectivity index (χ0v) is 10.1. The maximum absolute atomic E-state index is 11.0. The van der Waals surface area contributed by atoms with Gasteiger partial charge in [0.1, 0.15) is 0 Å². The Morgan fingerprint density at radius 3 is 3.00 bits per heavy atom. The Kier molecular flexibility index (Phi) is 3.38. The number of hydrogen-bond acceptors (Lipinski definition) is 5. The minimum absolute atomic E-state index is 0.183. The maximum atomic E-state index is 11.0. The Hall–Kier alpha value is -1.89. The minimum Gasteiger partial charge on any atom is -0.478 e. The minimum atomic E-state index is -0.998. The number of carboxylic acid groups (broad SMARTS) is 1. The number of halogens is 1. The van der Waals surface area contributed by atoms with E-state index in [1.165, 1.54) is 12.5 Å². The van der Waals surface area contributed by atoms with E-state index in [9.17, 15) is 4.79 Å². The van der Waals surface area contributed by atoms with Crippen LogP contribution in [0, 0.1) is 0 Å². The molecule has 1 aromatic heterocycles. The molecular formula is C10H8BrN3O3. The molecule has 0 aliphatic carbocycles. The monoisotopic (exact) mass is 297 g/mol. The van der Waals surface area contributed by atoms with Gasteiger partial charge in [0.15, 0.2) is 5.82 Å². The lowest BCUT2D eigenvalue weighted by Crippen LogP contribution is -2.07. The van der Waals surface area contributed by atoms with E-state index in [2.05, 4.69) is 35.9 Å². The number of hydrogen-bond donors (Lipinski definition) is 2. The molecule has 0 atom stereocenters. The lowest BCUT2D eigenvalue weighted by molar-refractivity contribution is 0.0698. The second kappa shape index (κ2) is 4.96. The molecule has 0 aliphatic rings. The van der Waals surface area contributed by atoms with Crippen LogP contribution >= 0.6 is 15.9 Å². The van der Waals surface area contributed by atoms with Gasteiger partial charge in [0, 0.05) is 10.2 Å². The van der Waals surface area contributed by atoms with E-state index in [0.29, 0.717) is 22.5 Å². The number of carboxylic acids is 1. The average molecular weight is 298 g/mol. The van der Waals surface area contributed by atoms with Crippen molar-refractivity contribution in [1.82, 2.24) is 10.1 Å². The summed E-state index contributed by atoms with van der Waals surface area (Å²) >= 11 is 3.22.